The van der Waals surface area contributed by atoms with Crippen LogP contribution < -0.4 is 4.31 Å². The third kappa shape index (κ3) is 3.53. The van der Waals surface area contributed by atoms with Crippen molar-refractivity contribution in [3.63, 3.8) is 0 Å². The number of rotatable bonds is 5. The Balaban J connectivity index is 2.53. The van der Waals surface area contributed by atoms with Gasteiger partial charge in [-0.3, -0.25) is 14.4 Å². The van der Waals surface area contributed by atoms with Crippen molar-refractivity contribution in [1.29, 1.82) is 0 Å². The van der Waals surface area contributed by atoms with Gasteiger partial charge < -0.3 is 0 Å². The minimum Gasteiger partial charge on any atom is -0.267 e. The van der Waals surface area contributed by atoms with Crippen molar-refractivity contribution >= 4 is 37.3 Å². The molecule has 0 aliphatic rings. The average molecular weight is 399 g/mol. The van der Waals surface area contributed by atoms with E-state index in [9.17, 15) is 18.5 Å². The number of hydrogen-bond acceptors (Lipinski definition) is 4. The van der Waals surface area contributed by atoms with Crippen molar-refractivity contribution in [1.82, 2.24) is 0 Å². The van der Waals surface area contributed by atoms with E-state index in [1.165, 1.54) is 22.5 Å². The van der Waals surface area contributed by atoms with Crippen LogP contribution in [0.5, 0.6) is 0 Å². The van der Waals surface area contributed by atoms with Crippen molar-refractivity contribution in [3.05, 3.63) is 62.6 Å². The van der Waals surface area contributed by atoms with Crippen LogP contribution in [0.2, 0.25) is 0 Å². The predicted octanol–water partition coefficient (Wildman–Crippen LogP) is 3.88. The summed E-state index contributed by atoms with van der Waals surface area (Å²) in [7, 11) is -3.88. The largest absolute Gasteiger partial charge is 0.270 e. The van der Waals surface area contributed by atoms with Crippen LogP contribution in [0.3, 0.4) is 0 Å². The monoisotopic (exact) mass is 398 g/mol. The molecule has 0 atom stereocenters. The van der Waals surface area contributed by atoms with Gasteiger partial charge in [0.15, 0.2) is 0 Å². The van der Waals surface area contributed by atoms with Crippen LogP contribution in [0.25, 0.3) is 0 Å². The zero-order chi connectivity index (χ0) is 17.2. The molecule has 2 aromatic rings. The molecule has 0 aliphatic heterocycles. The molecule has 2 aromatic carbocycles. The van der Waals surface area contributed by atoms with Gasteiger partial charge in [-0.2, -0.15) is 0 Å². The molecule has 0 saturated carbocycles. The molecule has 23 heavy (non-hydrogen) atoms. The molecule has 0 saturated heterocycles. The molecule has 0 aromatic heterocycles. The molecule has 0 amide bonds. The summed E-state index contributed by atoms with van der Waals surface area (Å²) in [6.07, 6.45) is 0. The smallest absolute Gasteiger partial charge is 0.267 e. The lowest BCUT2D eigenvalue weighted by molar-refractivity contribution is -0.385. The molecular weight excluding hydrogens is 384 g/mol. The highest BCUT2D eigenvalue weighted by Gasteiger charge is 2.25. The lowest BCUT2D eigenvalue weighted by Crippen LogP contribution is -2.30. The molecule has 0 radical (unpaired) electrons. The SMILES string of the molecule is CCN(c1ccc(Br)c(C)c1)S(=O)(=O)c1cccc([N+](=O)[O-])c1. The Bertz CT molecular complexity index is 852. The summed E-state index contributed by atoms with van der Waals surface area (Å²) in [6.45, 7) is 3.79. The average Bonchev–Trinajstić information content (AvgIpc) is 2.51. The number of sulfonamides is 1. The number of benzene rings is 2. The summed E-state index contributed by atoms with van der Waals surface area (Å²) in [5.74, 6) is 0. The molecule has 2 rings (SSSR count). The number of hydrogen-bond donors (Lipinski definition) is 0. The van der Waals surface area contributed by atoms with E-state index >= 15 is 0 Å². The molecular formula is C15H15BrN2O4S. The summed E-state index contributed by atoms with van der Waals surface area (Å²) in [4.78, 5) is 10.1. The first-order chi connectivity index (χ1) is 10.8. The molecule has 0 unspecified atom stereocenters. The first kappa shape index (κ1) is 17.4. The molecule has 0 bridgehead atoms. The van der Waals surface area contributed by atoms with Crippen molar-refractivity contribution in [3.8, 4) is 0 Å². The van der Waals surface area contributed by atoms with E-state index in [1.54, 1.807) is 25.1 Å². The third-order valence-corrected chi connectivity index (χ3v) is 6.12. The minimum absolute atomic E-state index is 0.103. The van der Waals surface area contributed by atoms with Crippen LogP contribution in [-0.2, 0) is 10.0 Å². The van der Waals surface area contributed by atoms with E-state index in [2.05, 4.69) is 15.9 Å². The maximum absolute atomic E-state index is 12.8. The van der Waals surface area contributed by atoms with Crippen LogP contribution in [-0.4, -0.2) is 19.9 Å². The molecule has 0 fully saturated rings. The highest BCUT2D eigenvalue weighted by atomic mass is 79.9. The number of non-ortho nitro benzene ring substituents is 1. The Morgan fingerprint density at radius 1 is 1.22 bits per heavy atom. The molecule has 8 heteroatoms. The van der Waals surface area contributed by atoms with Gasteiger partial charge in [0.25, 0.3) is 15.7 Å². The summed E-state index contributed by atoms with van der Waals surface area (Å²) in [6, 6.07) is 10.3. The molecule has 0 heterocycles. The fourth-order valence-electron chi connectivity index (χ4n) is 2.16. The second-order valence-corrected chi connectivity index (χ2v) is 7.57. The van der Waals surface area contributed by atoms with Crippen molar-refractivity contribution < 1.29 is 13.3 Å². The maximum atomic E-state index is 12.8. The lowest BCUT2D eigenvalue weighted by atomic mass is 10.2. The third-order valence-electron chi connectivity index (χ3n) is 3.33. The highest BCUT2D eigenvalue weighted by molar-refractivity contribution is 9.10. The first-order valence-corrected chi connectivity index (χ1v) is 9.04. The molecule has 0 spiro atoms. The van der Waals surface area contributed by atoms with E-state index in [4.69, 9.17) is 0 Å². The van der Waals surface area contributed by atoms with Gasteiger partial charge >= 0.3 is 0 Å². The Hall–Kier alpha value is -1.93. The minimum atomic E-state index is -3.88. The number of nitro groups is 1. The van der Waals surface area contributed by atoms with E-state index in [0.717, 1.165) is 16.1 Å². The van der Waals surface area contributed by atoms with Gasteiger partial charge in [0.05, 0.1) is 15.5 Å². The number of halogens is 1. The van der Waals surface area contributed by atoms with Crippen LogP contribution in [0, 0.1) is 17.0 Å². The van der Waals surface area contributed by atoms with Gasteiger partial charge in [-0.05, 0) is 43.7 Å². The van der Waals surface area contributed by atoms with Crippen LogP contribution in [0.4, 0.5) is 11.4 Å². The molecule has 6 nitrogen and oxygen atoms in total. The quantitative estimate of drug-likeness (QED) is 0.565. The first-order valence-electron chi connectivity index (χ1n) is 6.80. The number of nitrogens with zero attached hydrogens (tertiary/aromatic N) is 2. The highest BCUT2D eigenvalue weighted by Crippen LogP contribution is 2.28. The van der Waals surface area contributed by atoms with Crippen LogP contribution in [0.15, 0.2) is 51.8 Å². The topological polar surface area (TPSA) is 80.5 Å². The molecule has 122 valence electrons. The second-order valence-electron chi connectivity index (χ2n) is 4.86. The zero-order valence-electron chi connectivity index (χ0n) is 12.6. The summed E-state index contributed by atoms with van der Waals surface area (Å²) in [5, 5.41) is 10.9. The number of aryl methyl sites for hydroxylation is 1. The van der Waals surface area contributed by atoms with Gasteiger partial charge in [0.1, 0.15) is 0 Å². The zero-order valence-corrected chi connectivity index (χ0v) is 15.0. The molecule has 0 N–H and O–H groups in total. The normalized spacial score (nSPS) is 11.3. The van der Waals surface area contributed by atoms with E-state index in [-0.39, 0.29) is 17.1 Å². The van der Waals surface area contributed by atoms with Crippen LogP contribution >= 0.6 is 15.9 Å². The Morgan fingerprint density at radius 2 is 1.91 bits per heavy atom. The van der Waals surface area contributed by atoms with Gasteiger partial charge in [0.2, 0.25) is 0 Å². The van der Waals surface area contributed by atoms with Crippen molar-refractivity contribution in [2.75, 3.05) is 10.8 Å². The second kappa shape index (κ2) is 6.67. The summed E-state index contributed by atoms with van der Waals surface area (Å²) in [5.41, 5.74) is 1.16. The van der Waals surface area contributed by atoms with Crippen LogP contribution in [0.1, 0.15) is 12.5 Å². The Morgan fingerprint density at radius 3 is 2.48 bits per heavy atom. The summed E-state index contributed by atoms with van der Waals surface area (Å²) >= 11 is 3.38. The van der Waals surface area contributed by atoms with E-state index in [1.807, 2.05) is 6.92 Å². The standard InChI is InChI=1S/C15H15BrN2O4S/c1-3-17(12-7-8-15(16)11(2)9-12)23(21,22)14-6-4-5-13(10-14)18(19)20/h4-10H,3H2,1-2H3. The van der Waals surface area contributed by atoms with Gasteiger partial charge in [-0.15, -0.1) is 0 Å². The predicted molar refractivity (Wildman–Crippen MR) is 92.2 cm³/mol. The van der Waals surface area contributed by atoms with Gasteiger partial charge in [0, 0.05) is 23.2 Å². The van der Waals surface area contributed by atoms with Gasteiger partial charge in [-0.25, -0.2) is 8.42 Å². The Labute approximate surface area is 143 Å². The van der Waals surface area contributed by atoms with Gasteiger partial charge in [-0.1, -0.05) is 22.0 Å². The van der Waals surface area contributed by atoms with Crippen molar-refractivity contribution in [2.45, 2.75) is 18.7 Å². The Kier molecular flexibility index (Phi) is 5.06. The maximum Gasteiger partial charge on any atom is 0.270 e. The lowest BCUT2D eigenvalue weighted by Gasteiger charge is -2.23. The van der Waals surface area contributed by atoms with Crippen molar-refractivity contribution in [2.24, 2.45) is 0 Å². The fraction of sp³-hybridized carbons (Fsp3) is 0.200. The molecule has 0 aliphatic carbocycles. The fourth-order valence-corrected chi connectivity index (χ4v) is 3.91. The van der Waals surface area contributed by atoms with E-state index < -0.39 is 14.9 Å². The number of nitro benzene ring substituents is 1. The van der Waals surface area contributed by atoms with E-state index in [0.29, 0.717) is 5.69 Å². The summed E-state index contributed by atoms with van der Waals surface area (Å²) < 4.78 is 27.8. The number of anilines is 1.